The van der Waals surface area contributed by atoms with Gasteiger partial charge in [-0.15, -0.1) is 0 Å². The van der Waals surface area contributed by atoms with E-state index in [4.69, 9.17) is 5.73 Å². The molecule has 1 atom stereocenters. The molecule has 0 spiro atoms. The highest BCUT2D eigenvalue weighted by Gasteiger charge is 2.17. The van der Waals surface area contributed by atoms with Gasteiger partial charge in [0.15, 0.2) is 0 Å². The van der Waals surface area contributed by atoms with Crippen LogP contribution in [0, 0.1) is 0 Å². The summed E-state index contributed by atoms with van der Waals surface area (Å²) in [5, 5.41) is 2.88. The molecule has 1 aromatic heterocycles. The monoisotopic (exact) mass is 271 g/mol. The van der Waals surface area contributed by atoms with E-state index < -0.39 is 5.91 Å². The summed E-state index contributed by atoms with van der Waals surface area (Å²) in [5.74, 6) is -0.544. The Morgan fingerprint density at radius 1 is 1.20 bits per heavy atom. The number of rotatable bonds is 5. The summed E-state index contributed by atoms with van der Waals surface area (Å²) in [6.45, 7) is 1.47. The maximum Gasteiger partial charge on any atom is 0.223 e. The van der Waals surface area contributed by atoms with Crippen LogP contribution in [0.4, 0.5) is 0 Å². The number of hydrogen-bond donors (Lipinski definition) is 2. The van der Waals surface area contributed by atoms with Gasteiger partial charge in [0.05, 0.1) is 6.42 Å². The second-order valence-electron chi connectivity index (χ2n) is 4.56. The number of nitrogens with one attached hydrogen (secondary N) is 1. The van der Waals surface area contributed by atoms with Gasteiger partial charge in [0.2, 0.25) is 11.8 Å². The average Bonchev–Trinajstić information content (AvgIpc) is 2.84. The Morgan fingerprint density at radius 3 is 2.50 bits per heavy atom. The van der Waals surface area contributed by atoms with Gasteiger partial charge in [-0.05, 0) is 17.7 Å². The predicted octanol–water partition coefficient (Wildman–Crippen LogP) is 1.20. The summed E-state index contributed by atoms with van der Waals surface area (Å²) >= 11 is 0. The number of aromatic nitrogens is 1. The van der Waals surface area contributed by atoms with Crippen molar-refractivity contribution >= 4 is 11.8 Å². The van der Waals surface area contributed by atoms with Gasteiger partial charge in [0, 0.05) is 18.8 Å². The van der Waals surface area contributed by atoms with Crippen LogP contribution in [-0.4, -0.2) is 16.4 Å². The number of hydrogen-bond acceptors (Lipinski definition) is 2. The maximum absolute atomic E-state index is 11.4. The van der Waals surface area contributed by atoms with Gasteiger partial charge < -0.3 is 15.6 Å². The molecule has 104 valence electrons. The molecule has 0 fully saturated rings. The van der Waals surface area contributed by atoms with Crippen LogP contribution in [0.5, 0.6) is 0 Å². The van der Waals surface area contributed by atoms with Gasteiger partial charge in [0.25, 0.3) is 0 Å². The molecule has 5 heteroatoms. The molecule has 1 unspecified atom stereocenters. The lowest BCUT2D eigenvalue weighted by molar-refractivity contribution is -0.120. The molecule has 0 bridgehead atoms. The van der Waals surface area contributed by atoms with Gasteiger partial charge in [-0.2, -0.15) is 0 Å². The molecular weight excluding hydrogens is 254 g/mol. The summed E-state index contributed by atoms with van der Waals surface area (Å²) in [6.07, 6.45) is 1.61. The highest BCUT2D eigenvalue weighted by atomic mass is 16.1. The number of nitrogens with zero attached hydrogens (tertiary/aromatic N) is 1. The smallest absolute Gasteiger partial charge is 0.223 e. The second kappa shape index (κ2) is 6.06. The van der Waals surface area contributed by atoms with Crippen LogP contribution < -0.4 is 11.1 Å². The minimum Gasteiger partial charge on any atom is -0.369 e. The van der Waals surface area contributed by atoms with Gasteiger partial charge >= 0.3 is 0 Å². The average molecular weight is 271 g/mol. The van der Waals surface area contributed by atoms with Crippen LogP contribution in [0.3, 0.4) is 0 Å². The number of nitrogens with two attached hydrogens (primary N) is 1. The summed E-state index contributed by atoms with van der Waals surface area (Å²) in [5.41, 5.74) is 6.95. The highest BCUT2D eigenvalue weighted by Crippen LogP contribution is 2.18. The minimum absolute atomic E-state index is 0.135. The van der Waals surface area contributed by atoms with Crippen LogP contribution in [0.25, 0.3) is 0 Å². The zero-order chi connectivity index (χ0) is 14.5. The number of benzene rings is 1. The first-order chi connectivity index (χ1) is 9.58. The van der Waals surface area contributed by atoms with Crippen LogP contribution >= 0.6 is 0 Å². The maximum atomic E-state index is 11.4. The van der Waals surface area contributed by atoms with Crippen molar-refractivity contribution in [3.63, 3.8) is 0 Å². The first-order valence-electron chi connectivity index (χ1n) is 6.34. The van der Waals surface area contributed by atoms with Crippen molar-refractivity contribution in [2.24, 2.45) is 5.73 Å². The van der Waals surface area contributed by atoms with Crippen molar-refractivity contribution in [3.8, 4) is 0 Å². The molecule has 1 aromatic carbocycles. The van der Waals surface area contributed by atoms with Crippen molar-refractivity contribution in [3.05, 3.63) is 59.9 Å². The van der Waals surface area contributed by atoms with Crippen LogP contribution in [-0.2, 0) is 16.0 Å². The molecular formula is C15H17N3O2. The lowest BCUT2D eigenvalue weighted by Gasteiger charge is -2.22. The van der Waals surface area contributed by atoms with Crippen LogP contribution in [0.2, 0.25) is 0 Å². The van der Waals surface area contributed by atoms with E-state index in [2.05, 4.69) is 5.32 Å². The molecule has 5 nitrogen and oxygen atoms in total. The lowest BCUT2D eigenvalue weighted by Crippen LogP contribution is -2.32. The fourth-order valence-electron chi connectivity index (χ4n) is 2.15. The summed E-state index contributed by atoms with van der Waals surface area (Å²) in [7, 11) is 0. The van der Waals surface area contributed by atoms with Gasteiger partial charge in [-0.25, -0.2) is 0 Å². The third kappa shape index (κ3) is 3.26. The Labute approximate surface area is 117 Å². The summed E-state index contributed by atoms with van der Waals surface area (Å²) in [6, 6.07) is 13.2. The SMILES string of the molecule is CC(=O)NC(c1ccccc1)n1cccc1CC(N)=O. The first kappa shape index (κ1) is 13.9. The third-order valence-corrected chi connectivity index (χ3v) is 2.96. The van der Waals surface area contributed by atoms with E-state index in [9.17, 15) is 9.59 Å². The van der Waals surface area contributed by atoms with Crippen LogP contribution in [0.15, 0.2) is 48.7 Å². The normalized spacial score (nSPS) is 11.8. The number of carbonyl (C=O) groups excluding carboxylic acids is 2. The van der Waals surface area contributed by atoms with E-state index in [1.54, 1.807) is 0 Å². The van der Waals surface area contributed by atoms with E-state index >= 15 is 0 Å². The molecule has 0 saturated heterocycles. The van der Waals surface area contributed by atoms with E-state index in [1.807, 2.05) is 53.2 Å². The Morgan fingerprint density at radius 2 is 1.90 bits per heavy atom. The molecule has 0 radical (unpaired) electrons. The molecule has 3 N–H and O–H groups in total. The number of amides is 2. The van der Waals surface area contributed by atoms with Gasteiger partial charge in [-0.3, -0.25) is 9.59 Å². The number of carbonyl (C=O) groups is 2. The second-order valence-corrected chi connectivity index (χ2v) is 4.56. The summed E-state index contributed by atoms with van der Waals surface area (Å²) < 4.78 is 1.85. The molecule has 2 aromatic rings. The van der Waals surface area contributed by atoms with E-state index in [0.29, 0.717) is 0 Å². The van der Waals surface area contributed by atoms with Gasteiger partial charge in [-0.1, -0.05) is 30.3 Å². The van der Waals surface area contributed by atoms with E-state index in [0.717, 1.165) is 11.3 Å². The zero-order valence-electron chi connectivity index (χ0n) is 11.2. The lowest BCUT2D eigenvalue weighted by atomic mass is 10.1. The van der Waals surface area contributed by atoms with Gasteiger partial charge in [0.1, 0.15) is 6.17 Å². The topological polar surface area (TPSA) is 77.1 Å². The number of primary amides is 1. The largest absolute Gasteiger partial charge is 0.369 e. The summed E-state index contributed by atoms with van der Waals surface area (Å²) in [4.78, 5) is 22.6. The Kier molecular flexibility index (Phi) is 4.20. The van der Waals surface area contributed by atoms with Crippen molar-refractivity contribution in [1.29, 1.82) is 0 Å². The molecule has 0 aliphatic heterocycles. The van der Waals surface area contributed by atoms with Crippen molar-refractivity contribution < 1.29 is 9.59 Å². The molecule has 0 aliphatic carbocycles. The van der Waals surface area contributed by atoms with Crippen molar-refractivity contribution in [2.75, 3.05) is 0 Å². The molecule has 0 aliphatic rings. The Balaban J connectivity index is 2.39. The molecule has 2 rings (SSSR count). The quantitative estimate of drug-likeness (QED) is 0.857. The molecule has 2 amide bonds. The predicted molar refractivity (Wildman–Crippen MR) is 75.7 cm³/mol. The standard InChI is InChI=1S/C15H17N3O2/c1-11(19)17-15(12-6-3-2-4-7-12)18-9-5-8-13(18)10-14(16)20/h2-9,15H,10H2,1H3,(H2,16,20)(H,17,19). The van der Waals surface area contributed by atoms with E-state index in [1.165, 1.54) is 6.92 Å². The molecule has 1 heterocycles. The highest BCUT2D eigenvalue weighted by molar-refractivity contribution is 5.76. The van der Waals surface area contributed by atoms with Crippen molar-refractivity contribution in [1.82, 2.24) is 9.88 Å². The Hall–Kier alpha value is -2.56. The zero-order valence-corrected chi connectivity index (χ0v) is 11.2. The fourth-order valence-corrected chi connectivity index (χ4v) is 2.15. The minimum atomic E-state index is -0.403. The van der Waals surface area contributed by atoms with Crippen molar-refractivity contribution in [2.45, 2.75) is 19.5 Å². The van der Waals surface area contributed by atoms with E-state index in [-0.39, 0.29) is 18.5 Å². The third-order valence-electron chi connectivity index (χ3n) is 2.96. The molecule has 20 heavy (non-hydrogen) atoms. The fraction of sp³-hybridized carbons (Fsp3) is 0.200. The molecule has 0 saturated carbocycles. The Bertz CT molecular complexity index is 605. The first-order valence-corrected chi connectivity index (χ1v) is 6.34. The van der Waals surface area contributed by atoms with Crippen LogP contribution in [0.1, 0.15) is 24.3 Å².